The van der Waals surface area contributed by atoms with Gasteiger partial charge >= 0.3 is 6.03 Å². The molecule has 1 N–H and O–H groups in total. The Kier molecular flexibility index (Phi) is 5.44. The number of halogens is 1. The van der Waals surface area contributed by atoms with E-state index >= 15 is 0 Å². The third-order valence-electron chi connectivity index (χ3n) is 4.90. The van der Waals surface area contributed by atoms with Crippen molar-refractivity contribution >= 4 is 17.5 Å². The number of benzene rings is 1. The van der Waals surface area contributed by atoms with Gasteiger partial charge in [0.05, 0.1) is 11.4 Å². The lowest BCUT2D eigenvalue weighted by Gasteiger charge is -2.36. The molecule has 6 nitrogen and oxygen atoms in total. The summed E-state index contributed by atoms with van der Waals surface area (Å²) in [5.41, 5.74) is 2.71. The Bertz CT molecular complexity index is 780. The second kappa shape index (κ2) is 7.76. The number of para-hydroxylation sites is 1. The highest BCUT2D eigenvalue weighted by Gasteiger charge is 2.24. The summed E-state index contributed by atoms with van der Waals surface area (Å²) in [6.45, 7) is 6.47. The van der Waals surface area contributed by atoms with Crippen LogP contribution in [-0.4, -0.2) is 46.9 Å². The number of aromatic nitrogens is 2. The number of carbonyl (C=O) groups is 1. The molecule has 1 saturated heterocycles. The molecule has 2 amide bonds. The quantitative estimate of drug-likeness (QED) is 0.913. The van der Waals surface area contributed by atoms with Gasteiger partial charge in [-0.15, -0.1) is 0 Å². The van der Waals surface area contributed by atoms with Crippen molar-refractivity contribution in [2.24, 2.45) is 7.05 Å². The number of amides is 2. The van der Waals surface area contributed by atoms with E-state index in [1.54, 1.807) is 21.7 Å². The van der Waals surface area contributed by atoms with Crippen molar-refractivity contribution in [2.75, 3.05) is 36.4 Å². The molecule has 2 heterocycles. The van der Waals surface area contributed by atoms with Gasteiger partial charge in [-0.05, 0) is 25.0 Å². The molecule has 0 radical (unpaired) electrons. The number of hydrogen-bond donors (Lipinski definition) is 1. The molecule has 0 spiro atoms. The largest absolute Gasteiger partial charge is 0.366 e. The van der Waals surface area contributed by atoms with Crippen LogP contribution in [0.2, 0.25) is 0 Å². The van der Waals surface area contributed by atoms with Crippen LogP contribution in [0, 0.1) is 5.82 Å². The Labute approximate surface area is 153 Å². The molecule has 2 aromatic rings. The van der Waals surface area contributed by atoms with E-state index < -0.39 is 0 Å². The maximum atomic E-state index is 13.9. The van der Waals surface area contributed by atoms with Crippen molar-refractivity contribution in [3.63, 3.8) is 0 Å². The average Bonchev–Trinajstić information content (AvgIpc) is 2.97. The van der Waals surface area contributed by atoms with Crippen LogP contribution in [0.25, 0.3) is 0 Å². The van der Waals surface area contributed by atoms with Gasteiger partial charge < -0.3 is 9.80 Å². The van der Waals surface area contributed by atoms with Crippen LogP contribution in [0.3, 0.4) is 0 Å². The Morgan fingerprint density at radius 2 is 1.85 bits per heavy atom. The lowest BCUT2D eigenvalue weighted by atomic mass is 10.1. The summed E-state index contributed by atoms with van der Waals surface area (Å²) in [5, 5.41) is 7.51. The minimum absolute atomic E-state index is 0.126. The topological polar surface area (TPSA) is 53.4 Å². The second-order valence-electron chi connectivity index (χ2n) is 6.46. The smallest absolute Gasteiger partial charge is 0.323 e. The van der Waals surface area contributed by atoms with Crippen molar-refractivity contribution in [1.82, 2.24) is 14.7 Å². The summed E-state index contributed by atoms with van der Waals surface area (Å²) in [7, 11) is 1.85. The van der Waals surface area contributed by atoms with Gasteiger partial charge in [0.15, 0.2) is 0 Å². The highest BCUT2D eigenvalue weighted by atomic mass is 19.1. The molecular formula is C19H26FN5O. The monoisotopic (exact) mass is 359 g/mol. The Balaban J connectivity index is 1.64. The normalized spacial score (nSPS) is 14.6. The summed E-state index contributed by atoms with van der Waals surface area (Å²) < 4.78 is 15.7. The number of piperazine rings is 1. The van der Waals surface area contributed by atoms with Crippen LogP contribution in [0.15, 0.2) is 24.3 Å². The summed E-state index contributed by atoms with van der Waals surface area (Å²) in [4.78, 5) is 16.4. The van der Waals surface area contributed by atoms with Crippen LogP contribution in [-0.2, 0) is 19.9 Å². The number of nitrogens with one attached hydrogen (secondary N) is 1. The van der Waals surface area contributed by atoms with Gasteiger partial charge in [0.25, 0.3) is 0 Å². The third kappa shape index (κ3) is 3.52. The lowest BCUT2D eigenvalue weighted by Crippen LogP contribution is -2.50. The van der Waals surface area contributed by atoms with E-state index in [1.165, 1.54) is 6.07 Å². The molecule has 26 heavy (non-hydrogen) atoms. The molecule has 1 fully saturated rings. The Morgan fingerprint density at radius 3 is 2.46 bits per heavy atom. The first-order chi connectivity index (χ1) is 12.5. The van der Waals surface area contributed by atoms with E-state index in [4.69, 9.17) is 0 Å². The Hall–Kier alpha value is -2.57. The number of rotatable bonds is 4. The first-order valence-electron chi connectivity index (χ1n) is 9.15. The number of hydrogen-bond acceptors (Lipinski definition) is 3. The van der Waals surface area contributed by atoms with E-state index in [0.29, 0.717) is 31.9 Å². The van der Waals surface area contributed by atoms with Crippen molar-refractivity contribution in [2.45, 2.75) is 26.7 Å². The minimum atomic E-state index is -0.222. The maximum Gasteiger partial charge on any atom is 0.323 e. The standard InChI is InChI=1S/C19H26FN5O/c1-4-14-16(5-2)22-23(3)18(14)21-19(26)25-12-10-24(11-13-25)17-9-7-6-8-15(17)20/h6-9H,4-5,10-13H2,1-3H3,(H,21,26). The molecule has 1 aliphatic heterocycles. The van der Waals surface area contributed by atoms with E-state index in [-0.39, 0.29) is 11.8 Å². The lowest BCUT2D eigenvalue weighted by molar-refractivity contribution is 0.208. The Morgan fingerprint density at radius 1 is 1.15 bits per heavy atom. The number of anilines is 2. The molecule has 0 saturated carbocycles. The van der Waals surface area contributed by atoms with Crippen LogP contribution in [0.4, 0.5) is 20.7 Å². The molecule has 0 unspecified atom stereocenters. The molecule has 140 valence electrons. The fourth-order valence-electron chi connectivity index (χ4n) is 3.47. The first-order valence-corrected chi connectivity index (χ1v) is 9.15. The van der Waals surface area contributed by atoms with Crippen molar-refractivity contribution in [3.05, 3.63) is 41.3 Å². The van der Waals surface area contributed by atoms with E-state index in [9.17, 15) is 9.18 Å². The maximum absolute atomic E-state index is 13.9. The molecule has 0 atom stereocenters. The molecule has 0 aliphatic carbocycles. The molecule has 1 aliphatic rings. The van der Waals surface area contributed by atoms with Crippen molar-refractivity contribution < 1.29 is 9.18 Å². The predicted octanol–water partition coefficient (Wildman–Crippen LogP) is 3.04. The first kappa shape index (κ1) is 18.2. The van der Waals surface area contributed by atoms with Gasteiger partial charge in [-0.25, -0.2) is 9.18 Å². The van der Waals surface area contributed by atoms with Gasteiger partial charge in [-0.3, -0.25) is 10.00 Å². The van der Waals surface area contributed by atoms with Gasteiger partial charge in [0, 0.05) is 38.8 Å². The molecule has 3 rings (SSSR count). The molecule has 1 aromatic heterocycles. The van der Waals surface area contributed by atoms with E-state index in [0.717, 1.165) is 29.9 Å². The van der Waals surface area contributed by atoms with Crippen molar-refractivity contribution in [1.29, 1.82) is 0 Å². The summed E-state index contributed by atoms with van der Waals surface area (Å²) in [6.07, 6.45) is 1.67. The predicted molar refractivity (Wildman–Crippen MR) is 101 cm³/mol. The summed E-state index contributed by atoms with van der Waals surface area (Å²) in [5.74, 6) is 0.547. The fourth-order valence-corrected chi connectivity index (χ4v) is 3.47. The minimum Gasteiger partial charge on any atom is -0.366 e. The zero-order valence-corrected chi connectivity index (χ0v) is 15.6. The van der Waals surface area contributed by atoms with Crippen LogP contribution in [0.1, 0.15) is 25.1 Å². The third-order valence-corrected chi connectivity index (χ3v) is 4.90. The summed E-state index contributed by atoms with van der Waals surface area (Å²) >= 11 is 0. The molecule has 0 bridgehead atoms. The van der Waals surface area contributed by atoms with Gasteiger partial charge in [0.1, 0.15) is 11.6 Å². The number of nitrogens with zero attached hydrogens (tertiary/aromatic N) is 4. The van der Waals surface area contributed by atoms with Crippen LogP contribution < -0.4 is 10.2 Å². The number of urea groups is 1. The van der Waals surface area contributed by atoms with E-state index in [1.807, 2.05) is 18.0 Å². The average molecular weight is 359 g/mol. The zero-order chi connectivity index (χ0) is 18.7. The SMILES string of the molecule is CCc1nn(C)c(NC(=O)N2CCN(c3ccccc3F)CC2)c1CC. The molecular weight excluding hydrogens is 333 g/mol. The van der Waals surface area contributed by atoms with Gasteiger partial charge in [0.2, 0.25) is 0 Å². The highest BCUT2D eigenvalue weighted by molar-refractivity contribution is 5.89. The number of carbonyl (C=O) groups excluding carboxylic acids is 1. The van der Waals surface area contributed by atoms with Gasteiger partial charge in [-0.1, -0.05) is 26.0 Å². The molecule has 1 aromatic carbocycles. The summed E-state index contributed by atoms with van der Waals surface area (Å²) in [6, 6.07) is 6.64. The van der Waals surface area contributed by atoms with Crippen molar-refractivity contribution in [3.8, 4) is 0 Å². The second-order valence-corrected chi connectivity index (χ2v) is 6.46. The number of aryl methyl sites for hydroxylation is 2. The fraction of sp³-hybridized carbons (Fsp3) is 0.474. The molecule has 7 heteroatoms. The van der Waals surface area contributed by atoms with E-state index in [2.05, 4.69) is 24.3 Å². The zero-order valence-electron chi connectivity index (χ0n) is 15.6. The van der Waals surface area contributed by atoms with Gasteiger partial charge in [-0.2, -0.15) is 5.10 Å². The highest BCUT2D eigenvalue weighted by Crippen LogP contribution is 2.23. The van der Waals surface area contributed by atoms with Crippen LogP contribution >= 0.6 is 0 Å². The van der Waals surface area contributed by atoms with Crippen LogP contribution in [0.5, 0.6) is 0 Å².